The number of hydrogen-bond donors (Lipinski definition) is 1. The third-order valence-electron chi connectivity index (χ3n) is 5.30. The average Bonchev–Trinajstić information content (AvgIpc) is 2.74. The summed E-state index contributed by atoms with van der Waals surface area (Å²) in [6.45, 7) is 1.09. The molecule has 2 aromatic rings. The molecule has 0 aliphatic carbocycles. The highest BCUT2D eigenvalue weighted by Crippen LogP contribution is 2.21. The Morgan fingerprint density at radius 2 is 1.90 bits per heavy atom. The van der Waals surface area contributed by atoms with Gasteiger partial charge >= 0.3 is 0 Å². The molecular weight excluding hydrogens is 371 g/mol. The van der Waals surface area contributed by atoms with Gasteiger partial charge < -0.3 is 15.0 Å². The highest BCUT2D eigenvalue weighted by molar-refractivity contribution is 5.83. The topological polar surface area (TPSA) is 58.6 Å². The summed E-state index contributed by atoms with van der Waals surface area (Å²) in [6.07, 6.45) is 2.46. The first-order valence-corrected chi connectivity index (χ1v) is 9.99. The molecule has 1 aliphatic rings. The van der Waals surface area contributed by atoms with Gasteiger partial charge in [0.2, 0.25) is 11.8 Å². The number of ether oxygens (including phenoxy) is 1. The van der Waals surface area contributed by atoms with Crippen LogP contribution < -0.4 is 10.1 Å². The summed E-state index contributed by atoms with van der Waals surface area (Å²) in [5.41, 5.74) is 1.59. The molecule has 1 N–H and O–H groups in total. The molecule has 0 spiro atoms. The Labute approximate surface area is 170 Å². The molecule has 29 heavy (non-hydrogen) atoms. The van der Waals surface area contributed by atoms with Crippen LogP contribution in [0.2, 0.25) is 0 Å². The van der Waals surface area contributed by atoms with Gasteiger partial charge in [0.15, 0.2) is 0 Å². The molecule has 1 saturated heterocycles. The first-order chi connectivity index (χ1) is 14.1. The second-order valence-electron chi connectivity index (χ2n) is 7.31. The first-order valence-electron chi connectivity index (χ1n) is 9.99. The molecule has 0 bridgehead atoms. The lowest BCUT2D eigenvalue weighted by Crippen LogP contribution is -2.45. The van der Waals surface area contributed by atoms with Crippen LogP contribution in [0.1, 0.15) is 30.4 Å². The number of benzene rings is 2. The fraction of sp³-hybridized carbons (Fsp3) is 0.391. The van der Waals surface area contributed by atoms with Gasteiger partial charge in [0.25, 0.3) is 0 Å². The SMILES string of the molecule is COc1ccccc1CCCNC(=O)[C@H]1CCC(=O)N(Cc2ccccc2F)C1. The Morgan fingerprint density at radius 3 is 2.66 bits per heavy atom. The Hall–Kier alpha value is -2.89. The van der Waals surface area contributed by atoms with Crippen LogP contribution in [0.5, 0.6) is 5.75 Å². The maximum absolute atomic E-state index is 13.9. The van der Waals surface area contributed by atoms with Crippen LogP contribution in [0.4, 0.5) is 4.39 Å². The van der Waals surface area contributed by atoms with Crippen molar-refractivity contribution in [2.24, 2.45) is 5.92 Å². The van der Waals surface area contributed by atoms with Gasteiger partial charge in [0.1, 0.15) is 11.6 Å². The Morgan fingerprint density at radius 1 is 1.17 bits per heavy atom. The fourth-order valence-electron chi connectivity index (χ4n) is 3.66. The zero-order chi connectivity index (χ0) is 20.6. The van der Waals surface area contributed by atoms with Crippen molar-refractivity contribution in [2.45, 2.75) is 32.2 Å². The summed E-state index contributed by atoms with van der Waals surface area (Å²) in [4.78, 5) is 26.4. The van der Waals surface area contributed by atoms with Crippen molar-refractivity contribution in [1.82, 2.24) is 10.2 Å². The summed E-state index contributed by atoms with van der Waals surface area (Å²) in [5, 5.41) is 2.98. The number of likely N-dealkylation sites (tertiary alicyclic amines) is 1. The molecule has 1 aliphatic heterocycles. The standard InChI is InChI=1S/C23H27FN2O3/c1-29-21-11-5-3-7-17(21)9-6-14-25-23(28)19-12-13-22(27)26(16-19)15-18-8-2-4-10-20(18)24/h2-5,7-8,10-11,19H,6,9,12-16H2,1H3,(H,25,28)/t19-/m0/s1. The maximum atomic E-state index is 13.9. The zero-order valence-electron chi connectivity index (χ0n) is 16.7. The van der Waals surface area contributed by atoms with Crippen molar-refractivity contribution < 1.29 is 18.7 Å². The van der Waals surface area contributed by atoms with Gasteiger partial charge in [-0.05, 0) is 37.0 Å². The predicted molar refractivity (Wildman–Crippen MR) is 109 cm³/mol. The molecule has 0 radical (unpaired) electrons. The van der Waals surface area contributed by atoms with Crippen molar-refractivity contribution in [3.05, 3.63) is 65.5 Å². The van der Waals surface area contributed by atoms with E-state index in [1.807, 2.05) is 24.3 Å². The van der Waals surface area contributed by atoms with Gasteiger partial charge in [-0.2, -0.15) is 0 Å². The highest BCUT2D eigenvalue weighted by Gasteiger charge is 2.30. The quantitative estimate of drug-likeness (QED) is 0.694. The van der Waals surface area contributed by atoms with E-state index in [9.17, 15) is 14.0 Å². The number of piperidine rings is 1. The van der Waals surface area contributed by atoms with Crippen LogP contribution in [0.25, 0.3) is 0 Å². The molecule has 1 heterocycles. The number of rotatable bonds is 8. The minimum Gasteiger partial charge on any atom is -0.496 e. The Balaban J connectivity index is 1.48. The molecule has 0 aromatic heterocycles. The van der Waals surface area contributed by atoms with E-state index in [1.165, 1.54) is 6.07 Å². The number of nitrogens with one attached hydrogen (secondary N) is 1. The van der Waals surface area contributed by atoms with Crippen molar-refractivity contribution in [2.75, 3.05) is 20.2 Å². The smallest absolute Gasteiger partial charge is 0.224 e. The lowest BCUT2D eigenvalue weighted by atomic mass is 9.96. The number of halogens is 1. The third-order valence-corrected chi connectivity index (χ3v) is 5.30. The second kappa shape index (κ2) is 10.0. The van der Waals surface area contributed by atoms with E-state index in [1.54, 1.807) is 30.2 Å². The van der Waals surface area contributed by atoms with E-state index in [0.29, 0.717) is 31.5 Å². The van der Waals surface area contributed by atoms with Crippen LogP contribution in [0, 0.1) is 11.7 Å². The summed E-state index contributed by atoms with van der Waals surface area (Å²) in [6, 6.07) is 14.3. The monoisotopic (exact) mass is 398 g/mol. The Kier molecular flexibility index (Phi) is 7.22. The van der Waals surface area contributed by atoms with Crippen LogP contribution in [0.15, 0.2) is 48.5 Å². The van der Waals surface area contributed by atoms with Crippen molar-refractivity contribution in [3.63, 3.8) is 0 Å². The largest absolute Gasteiger partial charge is 0.496 e. The third kappa shape index (κ3) is 5.56. The Bertz CT molecular complexity index is 856. The molecule has 1 fully saturated rings. The highest BCUT2D eigenvalue weighted by atomic mass is 19.1. The van der Waals surface area contributed by atoms with E-state index in [2.05, 4.69) is 5.32 Å². The molecule has 0 saturated carbocycles. The molecule has 2 aromatic carbocycles. The van der Waals surface area contributed by atoms with Crippen LogP contribution in [-0.4, -0.2) is 36.9 Å². The van der Waals surface area contributed by atoms with Gasteiger partial charge in [0, 0.05) is 31.6 Å². The number of aryl methyl sites for hydroxylation is 1. The van der Waals surface area contributed by atoms with Gasteiger partial charge in [-0.25, -0.2) is 4.39 Å². The van der Waals surface area contributed by atoms with Crippen LogP contribution >= 0.6 is 0 Å². The van der Waals surface area contributed by atoms with E-state index in [-0.39, 0.29) is 30.1 Å². The molecular formula is C23H27FN2O3. The van der Waals surface area contributed by atoms with Crippen molar-refractivity contribution >= 4 is 11.8 Å². The molecule has 154 valence electrons. The summed E-state index contributed by atoms with van der Waals surface area (Å²) in [7, 11) is 1.65. The molecule has 1 atom stereocenters. The molecule has 3 rings (SSSR count). The number of hydrogen-bond acceptors (Lipinski definition) is 3. The van der Waals surface area contributed by atoms with Gasteiger partial charge in [-0.3, -0.25) is 9.59 Å². The average molecular weight is 398 g/mol. The molecule has 5 nitrogen and oxygen atoms in total. The summed E-state index contributed by atoms with van der Waals surface area (Å²) >= 11 is 0. The number of carbonyl (C=O) groups is 2. The minimum atomic E-state index is -0.330. The first kappa shape index (κ1) is 20.8. The number of methoxy groups -OCH3 is 1. The number of amides is 2. The van der Waals surface area contributed by atoms with Gasteiger partial charge in [-0.1, -0.05) is 36.4 Å². The lowest BCUT2D eigenvalue weighted by Gasteiger charge is -2.32. The van der Waals surface area contributed by atoms with Crippen LogP contribution in [-0.2, 0) is 22.6 Å². The number of carbonyl (C=O) groups excluding carboxylic acids is 2. The molecule has 6 heteroatoms. The maximum Gasteiger partial charge on any atom is 0.224 e. The second-order valence-corrected chi connectivity index (χ2v) is 7.31. The molecule has 0 unspecified atom stereocenters. The van der Waals surface area contributed by atoms with Gasteiger partial charge in [0.05, 0.1) is 13.0 Å². The van der Waals surface area contributed by atoms with Crippen molar-refractivity contribution in [1.29, 1.82) is 0 Å². The van der Waals surface area contributed by atoms with Crippen LogP contribution in [0.3, 0.4) is 0 Å². The van der Waals surface area contributed by atoms with Gasteiger partial charge in [-0.15, -0.1) is 0 Å². The minimum absolute atomic E-state index is 0.0338. The zero-order valence-corrected chi connectivity index (χ0v) is 16.7. The normalized spacial score (nSPS) is 16.6. The van der Waals surface area contributed by atoms with E-state index >= 15 is 0 Å². The van der Waals surface area contributed by atoms with E-state index < -0.39 is 0 Å². The van der Waals surface area contributed by atoms with Crippen molar-refractivity contribution in [3.8, 4) is 5.75 Å². The summed E-state index contributed by atoms with van der Waals surface area (Å²) < 4.78 is 19.2. The molecule has 2 amide bonds. The fourth-order valence-corrected chi connectivity index (χ4v) is 3.66. The number of nitrogens with zero attached hydrogens (tertiary/aromatic N) is 1. The summed E-state index contributed by atoms with van der Waals surface area (Å²) in [5.74, 6) is 0.187. The van der Waals surface area contributed by atoms with E-state index in [4.69, 9.17) is 4.74 Å². The lowest BCUT2D eigenvalue weighted by molar-refractivity contribution is -0.138. The van der Waals surface area contributed by atoms with E-state index in [0.717, 1.165) is 24.2 Å². The number of para-hydroxylation sites is 1. The predicted octanol–water partition coefficient (Wildman–Crippen LogP) is 3.32.